The monoisotopic (exact) mass is 391 g/mol. The van der Waals surface area contributed by atoms with Gasteiger partial charge in [-0.2, -0.15) is 0 Å². The zero-order valence-corrected chi connectivity index (χ0v) is 16.1. The molecule has 27 heavy (non-hydrogen) atoms. The molecule has 2 aromatic rings. The summed E-state index contributed by atoms with van der Waals surface area (Å²) < 4.78 is 30.9. The van der Waals surface area contributed by atoms with Crippen molar-refractivity contribution in [3.05, 3.63) is 60.2 Å². The summed E-state index contributed by atoms with van der Waals surface area (Å²) in [6, 6.07) is 16.1. The number of amides is 1. The van der Waals surface area contributed by atoms with Gasteiger partial charge in [-0.3, -0.25) is 10.0 Å². The van der Waals surface area contributed by atoms with E-state index in [0.717, 1.165) is 12.8 Å². The smallest absolute Gasteiger partial charge is 0.244 e. The van der Waals surface area contributed by atoms with Crippen molar-refractivity contribution in [2.24, 2.45) is 0 Å². The molecule has 0 saturated carbocycles. The lowest BCUT2D eigenvalue weighted by molar-refractivity contribution is -0.129. The lowest BCUT2D eigenvalue weighted by Crippen LogP contribution is -2.30. The molecule has 7 heteroatoms. The summed E-state index contributed by atoms with van der Waals surface area (Å²) in [4.78, 5) is 11.8. The van der Waals surface area contributed by atoms with E-state index in [9.17, 15) is 13.2 Å². The summed E-state index contributed by atoms with van der Waals surface area (Å²) in [5, 5.41) is 7.90. The summed E-state index contributed by atoms with van der Waals surface area (Å²) in [5.41, 5.74) is 2.72. The molecule has 0 bridgehead atoms. The number of sulfone groups is 1. The van der Waals surface area contributed by atoms with E-state index in [2.05, 4.69) is 0 Å². The van der Waals surface area contributed by atoms with Crippen molar-refractivity contribution in [3.63, 3.8) is 0 Å². The van der Waals surface area contributed by atoms with E-state index in [-0.39, 0.29) is 11.3 Å². The van der Waals surface area contributed by atoms with Crippen LogP contribution in [0.25, 0.3) is 0 Å². The van der Waals surface area contributed by atoms with Crippen molar-refractivity contribution in [1.29, 1.82) is 0 Å². The van der Waals surface area contributed by atoms with Crippen LogP contribution in [0.15, 0.2) is 59.5 Å². The predicted molar refractivity (Wildman–Crippen MR) is 103 cm³/mol. The number of hydrogen-bond donors (Lipinski definition) is 2. The van der Waals surface area contributed by atoms with Crippen LogP contribution in [-0.4, -0.2) is 31.9 Å². The van der Waals surface area contributed by atoms with Gasteiger partial charge in [-0.25, -0.2) is 13.9 Å². The molecule has 0 aromatic heterocycles. The van der Waals surface area contributed by atoms with Crippen molar-refractivity contribution in [3.8, 4) is 5.75 Å². The second kappa shape index (κ2) is 10.1. The molecule has 0 aliphatic rings. The van der Waals surface area contributed by atoms with E-state index in [1.54, 1.807) is 12.1 Å². The first-order valence-corrected chi connectivity index (χ1v) is 10.4. The van der Waals surface area contributed by atoms with Gasteiger partial charge in [0, 0.05) is 6.42 Å². The van der Waals surface area contributed by atoms with E-state index in [0.29, 0.717) is 18.6 Å². The van der Waals surface area contributed by atoms with Crippen LogP contribution in [0.3, 0.4) is 0 Å². The second-order valence-corrected chi connectivity index (χ2v) is 8.54. The maximum Gasteiger partial charge on any atom is 0.244 e. The largest absolute Gasteiger partial charge is 0.497 e. The van der Waals surface area contributed by atoms with E-state index in [4.69, 9.17) is 9.94 Å². The third kappa shape index (κ3) is 6.08. The standard InChI is InChI=1S/C20H25NO5S/c1-26-17-11-13-18(14-12-17)27(24,25)19(15-20(22)21-23)10-6-5-9-16-7-3-2-4-8-16/h2-4,7-8,11-14,19,23H,5-6,9-10,15H2,1H3,(H,21,22)/t19-/m1/s1. The summed E-state index contributed by atoms with van der Waals surface area (Å²) in [7, 11) is -2.20. The average molecular weight is 391 g/mol. The van der Waals surface area contributed by atoms with Crippen LogP contribution in [0.1, 0.15) is 31.2 Å². The lowest BCUT2D eigenvalue weighted by Gasteiger charge is -2.17. The molecule has 2 aromatic carbocycles. The Kier molecular flexibility index (Phi) is 7.82. The molecule has 0 heterocycles. The number of benzene rings is 2. The molecule has 1 atom stereocenters. The van der Waals surface area contributed by atoms with E-state index in [1.807, 2.05) is 30.3 Å². The molecule has 146 valence electrons. The van der Waals surface area contributed by atoms with Crippen LogP contribution < -0.4 is 10.2 Å². The third-order valence-electron chi connectivity index (χ3n) is 4.45. The maximum atomic E-state index is 12.9. The van der Waals surface area contributed by atoms with Gasteiger partial charge in [-0.1, -0.05) is 36.8 Å². The zero-order chi connectivity index (χ0) is 19.7. The molecule has 1 amide bonds. The first kappa shape index (κ1) is 20.9. The lowest BCUT2D eigenvalue weighted by atomic mass is 10.1. The normalized spacial score (nSPS) is 12.4. The maximum absolute atomic E-state index is 12.9. The molecule has 2 rings (SSSR count). The number of aryl methyl sites for hydroxylation is 1. The van der Waals surface area contributed by atoms with Gasteiger partial charge in [0.15, 0.2) is 9.84 Å². The highest BCUT2D eigenvalue weighted by atomic mass is 32.2. The Balaban J connectivity index is 2.06. The van der Waals surface area contributed by atoms with Gasteiger partial charge in [-0.15, -0.1) is 0 Å². The molecular formula is C20H25NO5S. The van der Waals surface area contributed by atoms with Gasteiger partial charge in [0.05, 0.1) is 17.3 Å². The number of methoxy groups -OCH3 is 1. The van der Waals surface area contributed by atoms with Crippen molar-refractivity contribution in [2.75, 3.05) is 7.11 Å². The number of nitrogens with one attached hydrogen (secondary N) is 1. The summed E-state index contributed by atoms with van der Waals surface area (Å²) in [6.07, 6.45) is 2.39. The summed E-state index contributed by atoms with van der Waals surface area (Å²) in [5.74, 6) is -0.151. The van der Waals surface area contributed by atoms with Crippen molar-refractivity contribution in [2.45, 2.75) is 42.2 Å². The second-order valence-electron chi connectivity index (χ2n) is 6.31. The van der Waals surface area contributed by atoms with Crippen LogP contribution in [0.5, 0.6) is 5.75 Å². The van der Waals surface area contributed by atoms with Gasteiger partial charge in [0.2, 0.25) is 5.91 Å². The number of carbonyl (C=O) groups is 1. The van der Waals surface area contributed by atoms with Crippen molar-refractivity contribution in [1.82, 2.24) is 5.48 Å². The van der Waals surface area contributed by atoms with Crippen molar-refractivity contribution < 1.29 is 23.2 Å². The predicted octanol–water partition coefficient (Wildman–Crippen LogP) is 3.15. The van der Waals surface area contributed by atoms with Crippen LogP contribution in [0, 0.1) is 0 Å². The zero-order valence-electron chi connectivity index (χ0n) is 15.3. The molecule has 0 spiro atoms. The topological polar surface area (TPSA) is 92.7 Å². The first-order valence-electron chi connectivity index (χ1n) is 8.82. The van der Waals surface area contributed by atoms with Crippen LogP contribution in [0.2, 0.25) is 0 Å². The minimum Gasteiger partial charge on any atom is -0.497 e. The third-order valence-corrected chi connectivity index (χ3v) is 6.66. The minimum atomic E-state index is -3.70. The van der Waals surface area contributed by atoms with E-state index < -0.39 is 21.0 Å². The SMILES string of the molecule is COc1ccc(S(=O)(=O)[C@H](CCCCc2ccccc2)CC(=O)NO)cc1. The molecule has 0 aliphatic carbocycles. The van der Waals surface area contributed by atoms with Gasteiger partial charge in [-0.05, 0) is 49.1 Å². The molecule has 0 unspecified atom stereocenters. The minimum absolute atomic E-state index is 0.141. The molecule has 2 N–H and O–H groups in total. The number of hydrogen-bond acceptors (Lipinski definition) is 5. The summed E-state index contributed by atoms with van der Waals surface area (Å²) in [6.45, 7) is 0. The fourth-order valence-electron chi connectivity index (χ4n) is 2.92. The number of unbranched alkanes of at least 4 members (excludes halogenated alkanes) is 1. The highest BCUT2D eigenvalue weighted by molar-refractivity contribution is 7.92. The van der Waals surface area contributed by atoms with Gasteiger partial charge in [0.1, 0.15) is 5.75 Å². The van der Waals surface area contributed by atoms with E-state index >= 15 is 0 Å². The Labute approximate surface area is 160 Å². The summed E-state index contributed by atoms with van der Waals surface area (Å²) >= 11 is 0. The van der Waals surface area contributed by atoms with Gasteiger partial charge in [0.25, 0.3) is 0 Å². The van der Waals surface area contributed by atoms with Crippen LogP contribution >= 0.6 is 0 Å². The molecular weight excluding hydrogens is 366 g/mol. The number of rotatable bonds is 10. The van der Waals surface area contributed by atoms with E-state index in [1.165, 1.54) is 30.3 Å². The Bertz CT molecular complexity index is 819. The molecule has 0 saturated heterocycles. The highest BCUT2D eigenvalue weighted by Crippen LogP contribution is 2.25. The first-order chi connectivity index (χ1) is 13.0. The van der Waals surface area contributed by atoms with Crippen LogP contribution in [0.4, 0.5) is 0 Å². The Hall–Kier alpha value is -2.38. The van der Waals surface area contributed by atoms with Gasteiger partial charge >= 0.3 is 0 Å². The Morgan fingerprint density at radius 2 is 1.74 bits per heavy atom. The fourth-order valence-corrected chi connectivity index (χ4v) is 4.67. The number of hydroxylamine groups is 1. The fraction of sp³-hybridized carbons (Fsp3) is 0.350. The molecule has 0 aliphatic heterocycles. The quantitative estimate of drug-likeness (QED) is 0.369. The molecule has 6 nitrogen and oxygen atoms in total. The van der Waals surface area contributed by atoms with Gasteiger partial charge < -0.3 is 4.74 Å². The van der Waals surface area contributed by atoms with Crippen LogP contribution in [-0.2, 0) is 21.1 Å². The molecule has 0 fully saturated rings. The number of ether oxygens (including phenoxy) is 1. The molecule has 0 radical (unpaired) electrons. The average Bonchev–Trinajstić information content (AvgIpc) is 2.70. The Morgan fingerprint density at radius 1 is 1.07 bits per heavy atom. The van der Waals surface area contributed by atoms with Crippen molar-refractivity contribution >= 4 is 15.7 Å². The Morgan fingerprint density at radius 3 is 2.33 bits per heavy atom. The highest BCUT2D eigenvalue weighted by Gasteiger charge is 2.29. The number of carbonyl (C=O) groups excluding carboxylic acids is 1.